The summed E-state index contributed by atoms with van der Waals surface area (Å²) in [6.07, 6.45) is 5.83. The quantitative estimate of drug-likeness (QED) is 0.400. The maximum absolute atomic E-state index is 12.6. The Morgan fingerprint density at radius 1 is 1.13 bits per heavy atom. The number of rotatable bonds is 9. The Morgan fingerprint density at radius 3 is 2.26 bits per heavy atom. The predicted molar refractivity (Wildman–Crippen MR) is 156 cm³/mol. The topological polar surface area (TPSA) is 105 Å². The number of carbonyl (C=O) groups excluding carboxylic acids is 1. The number of piperidine rings is 1. The first-order valence-corrected chi connectivity index (χ1v) is 14.0. The first kappa shape index (κ1) is 32.5. The molecule has 0 bridgehead atoms. The molecule has 8 heteroatoms. The molecular formula is C31H49N3O5. The van der Waals surface area contributed by atoms with E-state index in [0.717, 1.165) is 54.1 Å². The third-order valence-electron chi connectivity index (χ3n) is 6.41. The van der Waals surface area contributed by atoms with Gasteiger partial charge in [0.25, 0.3) is 0 Å². The molecule has 0 aromatic carbocycles. The third kappa shape index (κ3) is 11.1. The van der Waals surface area contributed by atoms with E-state index in [9.17, 15) is 9.90 Å². The fourth-order valence-corrected chi connectivity index (χ4v) is 4.11. The summed E-state index contributed by atoms with van der Waals surface area (Å²) in [4.78, 5) is 24.3. The van der Waals surface area contributed by atoms with Gasteiger partial charge in [-0.05, 0) is 78.4 Å². The zero-order valence-corrected chi connectivity index (χ0v) is 25.4. The van der Waals surface area contributed by atoms with E-state index in [2.05, 4.69) is 28.7 Å². The number of hydrogen-bond donors (Lipinski definition) is 2. The van der Waals surface area contributed by atoms with Crippen LogP contribution in [0.1, 0.15) is 85.9 Å². The number of esters is 1. The zero-order chi connectivity index (χ0) is 29.4. The average molecular weight is 544 g/mol. The number of aryl methyl sites for hydroxylation is 1. The molecule has 2 aromatic rings. The number of aliphatic hydroxyl groups excluding tert-OH is 1. The SMILES string of the molecule is CC(C)(C)O.CCC(O)COc1ccc(-c2cnc(C)c(CC(=O)OC(C)C)c2N2CCC(C)(C)CC2)nc1. The average Bonchev–Trinajstić information content (AvgIpc) is 2.83. The lowest BCUT2D eigenvalue weighted by molar-refractivity contribution is -0.146. The van der Waals surface area contributed by atoms with Crippen LogP contribution in [0.15, 0.2) is 24.5 Å². The number of aliphatic hydroxyl groups is 2. The van der Waals surface area contributed by atoms with Gasteiger partial charge < -0.3 is 24.6 Å². The molecule has 1 unspecified atom stereocenters. The molecule has 1 saturated heterocycles. The van der Waals surface area contributed by atoms with E-state index >= 15 is 0 Å². The van der Waals surface area contributed by atoms with Crippen LogP contribution in [0, 0.1) is 12.3 Å². The normalized spacial score (nSPS) is 15.8. The first-order chi connectivity index (χ1) is 18.1. The van der Waals surface area contributed by atoms with Crippen molar-refractivity contribution in [2.45, 2.75) is 106 Å². The van der Waals surface area contributed by atoms with Crippen LogP contribution in [0.2, 0.25) is 0 Å². The van der Waals surface area contributed by atoms with Gasteiger partial charge in [-0.1, -0.05) is 20.8 Å². The molecule has 8 nitrogen and oxygen atoms in total. The fourth-order valence-electron chi connectivity index (χ4n) is 4.11. The van der Waals surface area contributed by atoms with E-state index in [1.807, 2.05) is 46.0 Å². The van der Waals surface area contributed by atoms with E-state index in [1.54, 1.807) is 27.0 Å². The van der Waals surface area contributed by atoms with E-state index in [0.29, 0.717) is 17.6 Å². The Hall–Kier alpha value is -2.71. The van der Waals surface area contributed by atoms with Crippen molar-refractivity contribution in [1.82, 2.24) is 9.97 Å². The molecule has 3 heterocycles. The summed E-state index contributed by atoms with van der Waals surface area (Å²) in [6, 6.07) is 3.77. The Bertz CT molecular complexity index is 1050. The molecule has 0 radical (unpaired) electrons. The second kappa shape index (κ2) is 14.1. The highest BCUT2D eigenvalue weighted by atomic mass is 16.5. The molecule has 1 fully saturated rings. The number of ether oxygens (including phenoxy) is 2. The molecule has 2 N–H and O–H groups in total. The number of aromatic nitrogens is 2. The van der Waals surface area contributed by atoms with E-state index in [-0.39, 0.29) is 25.1 Å². The second-order valence-electron chi connectivity index (χ2n) is 12.4. The summed E-state index contributed by atoms with van der Waals surface area (Å²) in [5.74, 6) is 0.361. The lowest BCUT2D eigenvalue weighted by Gasteiger charge is -2.40. The molecule has 39 heavy (non-hydrogen) atoms. The summed E-state index contributed by atoms with van der Waals surface area (Å²) in [5, 5.41) is 18.3. The van der Waals surface area contributed by atoms with Crippen molar-refractivity contribution >= 4 is 11.7 Å². The number of hydrogen-bond acceptors (Lipinski definition) is 8. The molecule has 1 atom stereocenters. The van der Waals surface area contributed by atoms with Crippen LogP contribution in [-0.4, -0.2) is 63.7 Å². The highest BCUT2D eigenvalue weighted by molar-refractivity contribution is 5.84. The monoisotopic (exact) mass is 543 g/mol. The molecule has 0 spiro atoms. The van der Waals surface area contributed by atoms with Gasteiger partial charge in [-0.25, -0.2) is 0 Å². The molecular weight excluding hydrogens is 494 g/mol. The Balaban J connectivity index is 0.000000976. The van der Waals surface area contributed by atoms with Crippen molar-refractivity contribution in [3.8, 4) is 17.0 Å². The summed E-state index contributed by atoms with van der Waals surface area (Å²) < 4.78 is 11.1. The molecule has 1 aliphatic rings. The van der Waals surface area contributed by atoms with Crippen LogP contribution < -0.4 is 9.64 Å². The highest BCUT2D eigenvalue weighted by Gasteiger charge is 2.30. The second-order valence-corrected chi connectivity index (χ2v) is 12.4. The molecule has 1 aliphatic heterocycles. The van der Waals surface area contributed by atoms with Crippen LogP contribution in [-0.2, 0) is 16.0 Å². The predicted octanol–water partition coefficient (Wildman–Crippen LogP) is 5.50. The van der Waals surface area contributed by atoms with Gasteiger partial charge in [0.2, 0.25) is 0 Å². The van der Waals surface area contributed by atoms with E-state index < -0.39 is 11.7 Å². The number of pyridine rings is 2. The standard InChI is InChI=1S/C27H39N3O4.C4H10O/c1-7-20(31)17-33-21-8-9-24(29-15-21)23-16-28-19(4)22(14-25(32)34-18(2)3)26(23)30-12-10-27(5,6)11-13-30;1-4(2,3)5/h8-9,15-16,18,20,31H,7,10-14,17H2,1-6H3;5H,1-3H3. The maximum atomic E-state index is 12.6. The molecule has 0 aliphatic carbocycles. The van der Waals surface area contributed by atoms with Crippen LogP contribution >= 0.6 is 0 Å². The first-order valence-electron chi connectivity index (χ1n) is 14.0. The summed E-state index contributed by atoms with van der Waals surface area (Å²) in [7, 11) is 0. The highest BCUT2D eigenvalue weighted by Crippen LogP contribution is 2.39. The largest absolute Gasteiger partial charge is 0.489 e. The van der Waals surface area contributed by atoms with E-state index in [4.69, 9.17) is 14.6 Å². The number of anilines is 1. The summed E-state index contributed by atoms with van der Waals surface area (Å²) in [6.45, 7) is 19.5. The molecule has 0 saturated carbocycles. The molecule has 0 amide bonds. The van der Waals surface area contributed by atoms with E-state index in [1.165, 1.54) is 0 Å². The smallest absolute Gasteiger partial charge is 0.310 e. The van der Waals surface area contributed by atoms with Gasteiger partial charge in [0.05, 0.1) is 41.8 Å². The van der Waals surface area contributed by atoms with Gasteiger partial charge in [-0.15, -0.1) is 0 Å². The van der Waals surface area contributed by atoms with Crippen LogP contribution in [0.4, 0.5) is 5.69 Å². The molecule has 218 valence electrons. The lowest BCUT2D eigenvalue weighted by atomic mass is 9.82. The zero-order valence-electron chi connectivity index (χ0n) is 25.4. The van der Waals surface area contributed by atoms with Crippen LogP contribution in [0.25, 0.3) is 11.3 Å². The Kier molecular flexibility index (Phi) is 11.7. The van der Waals surface area contributed by atoms with Crippen molar-refractivity contribution in [1.29, 1.82) is 0 Å². The van der Waals surface area contributed by atoms with Gasteiger partial charge in [0.15, 0.2) is 0 Å². The number of nitrogens with zero attached hydrogens (tertiary/aromatic N) is 3. The molecule has 3 rings (SSSR count). The van der Waals surface area contributed by atoms with Gasteiger partial charge >= 0.3 is 5.97 Å². The fraction of sp³-hybridized carbons (Fsp3) is 0.645. The van der Waals surface area contributed by atoms with Crippen molar-refractivity contribution in [3.05, 3.63) is 35.8 Å². The minimum absolute atomic E-state index is 0.163. The minimum Gasteiger partial charge on any atom is -0.489 e. The van der Waals surface area contributed by atoms with Gasteiger partial charge in [0, 0.05) is 36.1 Å². The summed E-state index contributed by atoms with van der Waals surface area (Å²) in [5.41, 5.74) is 4.22. The van der Waals surface area contributed by atoms with Crippen molar-refractivity contribution in [3.63, 3.8) is 0 Å². The summed E-state index contributed by atoms with van der Waals surface area (Å²) >= 11 is 0. The number of carbonyl (C=O) groups is 1. The molecule has 2 aromatic heterocycles. The van der Waals surface area contributed by atoms with Crippen LogP contribution in [0.5, 0.6) is 5.75 Å². The lowest BCUT2D eigenvalue weighted by Crippen LogP contribution is -2.38. The van der Waals surface area contributed by atoms with Gasteiger partial charge in [-0.2, -0.15) is 0 Å². The van der Waals surface area contributed by atoms with Gasteiger partial charge in [0.1, 0.15) is 12.4 Å². The third-order valence-corrected chi connectivity index (χ3v) is 6.41. The van der Waals surface area contributed by atoms with Crippen molar-refractivity contribution in [2.24, 2.45) is 5.41 Å². The Labute approximate surface area is 234 Å². The van der Waals surface area contributed by atoms with Crippen LogP contribution in [0.3, 0.4) is 0 Å². The maximum Gasteiger partial charge on any atom is 0.310 e. The van der Waals surface area contributed by atoms with Crippen molar-refractivity contribution < 1.29 is 24.5 Å². The van der Waals surface area contributed by atoms with Gasteiger partial charge in [-0.3, -0.25) is 14.8 Å². The Morgan fingerprint density at radius 2 is 1.74 bits per heavy atom. The van der Waals surface area contributed by atoms with Crippen molar-refractivity contribution in [2.75, 3.05) is 24.6 Å². The minimum atomic E-state index is -0.500.